The summed E-state index contributed by atoms with van der Waals surface area (Å²) in [5, 5.41) is 8.81. The van der Waals surface area contributed by atoms with Crippen LogP contribution in [0.2, 0.25) is 5.02 Å². The van der Waals surface area contributed by atoms with E-state index in [2.05, 4.69) is 9.71 Å². The van der Waals surface area contributed by atoms with E-state index >= 15 is 0 Å². The molecule has 0 aliphatic heterocycles. The normalized spacial score (nSPS) is 12.5. The molecule has 0 bridgehead atoms. The van der Waals surface area contributed by atoms with Crippen molar-refractivity contribution in [3.8, 4) is 0 Å². The molecule has 0 radical (unpaired) electrons. The largest absolute Gasteiger partial charge is 0.478 e. The molecule has 2 rings (SSSR count). The second kappa shape index (κ2) is 7.60. The van der Waals surface area contributed by atoms with Crippen molar-refractivity contribution >= 4 is 33.5 Å². The fourth-order valence-electron chi connectivity index (χ4n) is 2.05. The summed E-state index contributed by atoms with van der Waals surface area (Å²) < 4.78 is 27.2. The molecule has 25 heavy (non-hydrogen) atoms. The first kappa shape index (κ1) is 18.8. The van der Waals surface area contributed by atoms with Gasteiger partial charge >= 0.3 is 5.97 Å². The standard InChI is InChI=1S/C15H14ClN3O5S/c16-11-4-3-10(15(21)22)7-13(11)25(23,24)19-12(14(17)20)6-9-2-1-5-18-8-9/h1-5,7-8,12,19H,6H2,(H2,17,20)(H,21,22). The lowest BCUT2D eigenvalue weighted by molar-refractivity contribution is -0.119. The molecule has 0 aliphatic carbocycles. The van der Waals surface area contributed by atoms with Gasteiger partial charge in [0.15, 0.2) is 0 Å². The van der Waals surface area contributed by atoms with Crippen molar-refractivity contribution in [1.29, 1.82) is 0 Å². The first-order valence-corrected chi connectivity index (χ1v) is 8.80. The molecular weight excluding hydrogens is 370 g/mol. The van der Waals surface area contributed by atoms with E-state index in [1.54, 1.807) is 12.1 Å². The van der Waals surface area contributed by atoms with E-state index in [1.165, 1.54) is 18.5 Å². The van der Waals surface area contributed by atoms with Crippen molar-refractivity contribution in [2.45, 2.75) is 17.4 Å². The Hall–Kier alpha value is -2.49. The molecule has 132 valence electrons. The number of carboxylic acids is 1. The molecular formula is C15H14ClN3O5S. The number of nitrogens with one attached hydrogen (secondary N) is 1. The van der Waals surface area contributed by atoms with Crippen molar-refractivity contribution in [1.82, 2.24) is 9.71 Å². The molecule has 0 fully saturated rings. The van der Waals surface area contributed by atoms with E-state index in [9.17, 15) is 18.0 Å². The number of nitrogens with two attached hydrogens (primary N) is 1. The first-order chi connectivity index (χ1) is 11.7. The number of rotatable bonds is 7. The van der Waals surface area contributed by atoms with Gasteiger partial charge in [-0.25, -0.2) is 13.2 Å². The maximum atomic E-state index is 12.5. The molecule has 0 saturated carbocycles. The molecule has 2 aromatic rings. The van der Waals surface area contributed by atoms with Gasteiger partial charge in [-0.1, -0.05) is 17.7 Å². The van der Waals surface area contributed by atoms with Crippen molar-refractivity contribution in [3.63, 3.8) is 0 Å². The average molecular weight is 384 g/mol. The lowest BCUT2D eigenvalue weighted by Crippen LogP contribution is -2.45. The Balaban J connectivity index is 2.33. The quantitative estimate of drug-likeness (QED) is 0.646. The molecule has 1 heterocycles. The number of halogens is 1. The summed E-state index contributed by atoms with van der Waals surface area (Å²) in [6, 6.07) is 5.28. The van der Waals surface area contributed by atoms with Gasteiger partial charge in [-0.2, -0.15) is 4.72 Å². The number of amides is 1. The van der Waals surface area contributed by atoms with Gasteiger partial charge < -0.3 is 10.8 Å². The number of sulfonamides is 1. The fraction of sp³-hybridized carbons (Fsp3) is 0.133. The van der Waals surface area contributed by atoms with Crippen LogP contribution < -0.4 is 10.5 Å². The van der Waals surface area contributed by atoms with Crippen molar-refractivity contribution in [2.75, 3.05) is 0 Å². The van der Waals surface area contributed by atoms with Crippen LogP contribution in [0.4, 0.5) is 0 Å². The molecule has 0 saturated heterocycles. The van der Waals surface area contributed by atoms with Crippen LogP contribution in [0.1, 0.15) is 15.9 Å². The third-order valence-electron chi connectivity index (χ3n) is 3.27. The zero-order chi connectivity index (χ0) is 18.6. The molecule has 1 amide bonds. The minimum atomic E-state index is -4.28. The maximum Gasteiger partial charge on any atom is 0.335 e. The maximum absolute atomic E-state index is 12.5. The van der Waals surface area contributed by atoms with E-state index in [0.717, 1.165) is 12.1 Å². The second-order valence-electron chi connectivity index (χ2n) is 5.09. The summed E-state index contributed by atoms with van der Waals surface area (Å²) in [7, 11) is -4.28. The number of hydrogen-bond acceptors (Lipinski definition) is 5. The summed E-state index contributed by atoms with van der Waals surface area (Å²) in [6.45, 7) is 0. The van der Waals surface area contributed by atoms with Crippen LogP contribution in [-0.4, -0.2) is 36.4 Å². The summed E-state index contributed by atoms with van der Waals surface area (Å²) in [5.41, 5.74) is 5.61. The minimum Gasteiger partial charge on any atom is -0.478 e. The summed E-state index contributed by atoms with van der Waals surface area (Å²) >= 11 is 5.87. The lowest BCUT2D eigenvalue weighted by Gasteiger charge is -2.16. The van der Waals surface area contributed by atoms with Gasteiger partial charge in [-0.15, -0.1) is 0 Å². The first-order valence-electron chi connectivity index (χ1n) is 6.94. The number of nitrogens with zero attached hydrogens (tertiary/aromatic N) is 1. The van der Waals surface area contributed by atoms with Gasteiger partial charge in [-0.05, 0) is 36.2 Å². The van der Waals surface area contributed by atoms with Crippen LogP contribution in [0.15, 0.2) is 47.6 Å². The highest BCUT2D eigenvalue weighted by Gasteiger charge is 2.27. The highest BCUT2D eigenvalue weighted by Crippen LogP contribution is 2.23. The number of hydrogen-bond donors (Lipinski definition) is 3. The van der Waals surface area contributed by atoms with Crippen LogP contribution in [0.5, 0.6) is 0 Å². The monoisotopic (exact) mass is 383 g/mol. The van der Waals surface area contributed by atoms with E-state index in [4.69, 9.17) is 22.4 Å². The number of aromatic carboxylic acids is 1. The van der Waals surface area contributed by atoms with E-state index < -0.39 is 32.8 Å². The van der Waals surface area contributed by atoms with E-state index in [1.807, 2.05) is 0 Å². The zero-order valence-corrected chi connectivity index (χ0v) is 14.3. The van der Waals surface area contributed by atoms with Crippen LogP contribution in [0, 0.1) is 0 Å². The average Bonchev–Trinajstić information content (AvgIpc) is 2.55. The van der Waals surface area contributed by atoms with Crippen LogP contribution in [0.25, 0.3) is 0 Å². The Bertz CT molecular complexity index is 903. The molecule has 0 spiro atoms. The van der Waals surface area contributed by atoms with Crippen molar-refractivity contribution in [3.05, 3.63) is 58.9 Å². The molecule has 1 aromatic heterocycles. The van der Waals surface area contributed by atoms with Gasteiger partial charge in [0.2, 0.25) is 15.9 Å². The summed E-state index contributed by atoms with van der Waals surface area (Å²) in [4.78, 5) is 26.1. The molecule has 1 aromatic carbocycles. The number of pyridine rings is 1. The van der Waals surface area contributed by atoms with Gasteiger partial charge in [0.05, 0.1) is 10.6 Å². The Morgan fingerprint density at radius 1 is 1.32 bits per heavy atom. The molecule has 1 unspecified atom stereocenters. The summed E-state index contributed by atoms with van der Waals surface area (Å²) in [6.07, 6.45) is 2.99. The molecule has 1 atom stereocenters. The number of primary amides is 1. The van der Waals surface area contributed by atoms with Gasteiger partial charge in [0.25, 0.3) is 0 Å². The van der Waals surface area contributed by atoms with E-state index in [0.29, 0.717) is 5.56 Å². The number of aromatic nitrogens is 1. The van der Waals surface area contributed by atoms with Crippen LogP contribution >= 0.6 is 11.6 Å². The number of carbonyl (C=O) groups excluding carboxylic acids is 1. The molecule has 10 heteroatoms. The zero-order valence-electron chi connectivity index (χ0n) is 12.7. The number of carbonyl (C=O) groups is 2. The topological polar surface area (TPSA) is 139 Å². The highest BCUT2D eigenvalue weighted by molar-refractivity contribution is 7.89. The van der Waals surface area contributed by atoms with Gasteiger partial charge in [0, 0.05) is 12.4 Å². The number of carboxylic acid groups (broad SMARTS) is 1. The van der Waals surface area contributed by atoms with Crippen LogP contribution in [-0.2, 0) is 21.2 Å². The minimum absolute atomic E-state index is 0.0152. The lowest BCUT2D eigenvalue weighted by atomic mass is 10.1. The summed E-state index contributed by atoms with van der Waals surface area (Å²) in [5.74, 6) is -2.20. The van der Waals surface area contributed by atoms with E-state index in [-0.39, 0.29) is 17.0 Å². The Labute approximate surface area is 148 Å². The smallest absolute Gasteiger partial charge is 0.335 e. The predicted molar refractivity (Wildman–Crippen MR) is 89.7 cm³/mol. The second-order valence-corrected chi connectivity index (χ2v) is 7.18. The Kier molecular flexibility index (Phi) is 5.73. The van der Waals surface area contributed by atoms with Crippen molar-refractivity contribution in [2.24, 2.45) is 5.73 Å². The fourth-order valence-corrected chi connectivity index (χ4v) is 3.78. The van der Waals surface area contributed by atoms with Gasteiger partial charge in [0.1, 0.15) is 10.9 Å². The van der Waals surface area contributed by atoms with Gasteiger partial charge in [-0.3, -0.25) is 9.78 Å². The number of benzene rings is 1. The van der Waals surface area contributed by atoms with Crippen LogP contribution in [0.3, 0.4) is 0 Å². The molecule has 4 N–H and O–H groups in total. The Morgan fingerprint density at radius 2 is 2.04 bits per heavy atom. The third-order valence-corrected chi connectivity index (χ3v) is 5.22. The molecule has 0 aliphatic rings. The SMILES string of the molecule is NC(=O)C(Cc1cccnc1)NS(=O)(=O)c1cc(C(=O)O)ccc1Cl. The van der Waals surface area contributed by atoms with Crippen molar-refractivity contribution < 1.29 is 23.1 Å². The predicted octanol–water partition coefficient (Wildman–Crippen LogP) is 0.808. The Morgan fingerprint density at radius 3 is 2.60 bits per heavy atom. The highest BCUT2D eigenvalue weighted by atomic mass is 35.5. The molecule has 8 nitrogen and oxygen atoms in total. The third kappa shape index (κ3) is 4.75.